The summed E-state index contributed by atoms with van der Waals surface area (Å²) in [6.45, 7) is 3.65. The Bertz CT molecular complexity index is 680. The van der Waals surface area contributed by atoms with E-state index in [1.807, 2.05) is 32.2 Å². The predicted octanol–water partition coefficient (Wildman–Crippen LogP) is 5.45. The topological polar surface area (TPSA) is 30.5 Å². The Hall–Kier alpha value is -0.940. The summed E-state index contributed by atoms with van der Waals surface area (Å²) in [5, 5.41) is 4.18. The molecular weight excluding hydrogens is 401 g/mol. The van der Waals surface area contributed by atoms with Gasteiger partial charge in [0.1, 0.15) is 6.61 Å². The molecule has 0 radical (unpaired) electrons. The van der Waals surface area contributed by atoms with Crippen molar-refractivity contribution in [1.29, 1.82) is 0 Å². The lowest BCUT2D eigenvalue weighted by Crippen LogP contribution is -2.07. The van der Waals surface area contributed by atoms with Crippen LogP contribution in [0.3, 0.4) is 0 Å². The van der Waals surface area contributed by atoms with Crippen molar-refractivity contribution in [3.05, 3.63) is 56.0 Å². The van der Waals surface area contributed by atoms with Gasteiger partial charge in [0.25, 0.3) is 0 Å². The first-order valence-electron chi connectivity index (χ1n) is 7.21. The molecule has 0 aliphatic rings. The molecule has 0 fully saturated rings. The molecule has 0 unspecified atom stereocenters. The van der Waals surface area contributed by atoms with Crippen molar-refractivity contribution in [2.24, 2.45) is 0 Å². The van der Waals surface area contributed by atoms with Crippen LogP contribution in [0.15, 0.2) is 34.8 Å². The molecule has 0 amide bonds. The average molecular weight is 419 g/mol. The molecule has 0 aliphatic carbocycles. The van der Waals surface area contributed by atoms with Crippen molar-refractivity contribution in [2.75, 3.05) is 13.7 Å². The summed E-state index contributed by atoms with van der Waals surface area (Å²) in [6.07, 6.45) is 0. The van der Waals surface area contributed by atoms with Crippen molar-refractivity contribution < 1.29 is 9.47 Å². The highest BCUT2D eigenvalue weighted by Crippen LogP contribution is 2.34. The lowest BCUT2D eigenvalue weighted by molar-refractivity contribution is 0.269. The zero-order valence-corrected chi connectivity index (χ0v) is 16.1. The van der Waals surface area contributed by atoms with Crippen molar-refractivity contribution in [3.63, 3.8) is 0 Å². The van der Waals surface area contributed by atoms with E-state index in [0.29, 0.717) is 29.0 Å². The minimum Gasteiger partial charge on any atom is -0.490 e. The molecule has 2 rings (SSSR count). The molecule has 0 spiro atoms. The fourth-order valence-corrected chi connectivity index (χ4v) is 2.86. The minimum absolute atomic E-state index is 0.384. The quantitative estimate of drug-likeness (QED) is 0.648. The zero-order chi connectivity index (χ0) is 16.8. The maximum atomic E-state index is 6.03. The minimum atomic E-state index is 0.384. The Morgan fingerprint density at radius 3 is 2.43 bits per heavy atom. The van der Waals surface area contributed by atoms with Gasteiger partial charge in [0.15, 0.2) is 11.5 Å². The van der Waals surface area contributed by atoms with Crippen LogP contribution in [0.5, 0.6) is 11.5 Å². The van der Waals surface area contributed by atoms with Crippen LogP contribution in [0.25, 0.3) is 0 Å². The standard InChI is InChI=1S/C17H18BrCl2NO2/c1-3-22-16-7-12(9-21-2)13(18)8-17(16)23-10-11-4-5-14(19)15(20)6-11/h4-8,21H,3,9-10H2,1-2H3. The van der Waals surface area contributed by atoms with Gasteiger partial charge in [-0.2, -0.15) is 0 Å². The van der Waals surface area contributed by atoms with Crippen molar-refractivity contribution >= 4 is 39.1 Å². The summed E-state index contributed by atoms with van der Waals surface area (Å²) in [4.78, 5) is 0. The van der Waals surface area contributed by atoms with Gasteiger partial charge >= 0.3 is 0 Å². The molecule has 0 atom stereocenters. The fourth-order valence-electron chi connectivity index (χ4n) is 2.07. The fraction of sp³-hybridized carbons (Fsp3) is 0.294. The highest BCUT2D eigenvalue weighted by molar-refractivity contribution is 9.10. The third kappa shape index (κ3) is 5.01. The summed E-state index contributed by atoms with van der Waals surface area (Å²) in [6, 6.07) is 9.36. The van der Waals surface area contributed by atoms with Gasteiger partial charge in [-0.15, -0.1) is 0 Å². The second kappa shape index (κ2) is 8.78. The van der Waals surface area contributed by atoms with E-state index in [1.54, 1.807) is 12.1 Å². The number of hydrogen-bond acceptors (Lipinski definition) is 3. The molecule has 0 heterocycles. The average Bonchev–Trinajstić information content (AvgIpc) is 2.52. The molecule has 2 aromatic carbocycles. The monoisotopic (exact) mass is 417 g/mol. The van der Waals surface area contributed by atoms with Gasteiger partial charge in [0, 0.05) is 11.0 Å². The molecule has 2 aromatic rings. The number of halogens is 3. The van der Waals surface area contributed by atoms with Gasteiger partial charge < -0.3 is 14.8 Å². The Kier molecular flexibility index (Phi) is 7.03. The van der Waals surface area contributed by atoms with Crippen LogP contribution in [-0.4, -0.2) is 13.7 Å². The summed E-state index contributed by atoms with van der Waals surface area (Å²) < 4.78 is 12.6. The van der Waals surface area contributed by atoms with E-state index >= 15 is 0 Å². The molecule has 0 saturated heterocycles. The largest absolute Gasteiger partial charge is 0.490 e. The first-order valence-corrected chi connectivity index (χ1v) is 8.76. The molecule has 0 bridgehead atoms. The summed E-state index contributed by atoms with van der Waals surface area (Å²) in [7, 11) is 1.90. The van der Waals surface area contributed by atoms with Crippen LogP contribution in [0.1, 0.15) is 18.1 Å². The van der Waals surface area contributed by atoms with E-state index in [0.717, 1.165) is 27.9 Å². The molecule has 6 heteroatoms. The van der Waals surface area contributed by atoms with E-state index in [9.17, 15) is 0 Å². The van der Waals surface area contributed by atoms with Crippen molar-refractivity contribution in [3.8, 4) is 11.5 Å². The second-order valence-corrected chi connectivity index (χ2v) is 6.56. The summed E-state index contributed by atoms with van der Waals surface area (Å²) in [5.74, 6) is 1.41. The number of rotatable bonds is 7. The Labute approximate surface area is 155 Å². The van der Waals surface area contributed by atoms with E-state index in [2.05, 4.69) is 21.2 Å². The first-order chi connectivity index (χ1) is 11.0. The highest BCUT2D eigenvalue weighted by Gasteiger charge is 2.11. The number of hydrogen-bond donors (Lipinski definition) is 1. The Morgan fingerprint density at radius 2 is 1.78 bits per heavy atom. The maximum Gasteiger partial charge on any atom is 0.162 e. The van der Waals surface area contributed by atoms with Crippen LogP contribution in [0.2, 0.25) is 10.0 Å². The van der Waals surface area contributed by atoms with Gasteiger partial charge in [-0.3, -0.25) is 0 Å². The van der Waals surface area contributed by atoms with Crippen molar-refractivity contribution in [1.82, 2.24) is 5.32 Å². The molecule has 0 aromatic heterocycles. The Morgan fingerprint density at radius 1 is 1.04 bits per heavy atom. The summed E-state index contributed by atoms with van der Waals surface area (Å²) >= 11 is 15.5. The van der Waals surface area contributed by atoms with Crippen LogP contribution in [-0.2, 0) is 13.2 Å². The lowest BCUT2D eigenvalue weighted by atomic mass is 10.2. The number of nitrogens with one attached hydrogen (secondary N) is 1. The van der Waals surface area contributed by atoms with Crippen LogP contribution in [0.4, 0.5) is 0 Å². The Balaban J connectivity index is 2.20. The molecule has 23 heavy (non-hydrogen) atoms. The third-order valence-corrected chi connectivity index (χ3v) is 4.64. The number of benzene rings is 2. The van der Waals surface area contributed by atoms with Crippen LogP contribution < -0.4 is 14.8 Å². The van der Waals surface area contributed by atoms with Gasteiger partial charge in [-0.05, 0) is 49.4 Å². The smallest absolute Gasteiger partial charge is 0.162 e. The summed E-state index contributed by atoms with van der Waals surface area (Å²) in [5.41, 5.74) is 2.05. The zero-order valence-electron chi connectivity index (χ0n) is 13.0. The van der Waals surface area contributed by atoms with Crippen LogP contribution in [0, 0.1) is 0 Å². The first kappa shape index (κ1) is 18.4. The second-order valence-electron chi connectivity index (χ2n) is 4.89. The lowest BCUT2D eigenvalue weighted by Gasteiger charge is -2.15. The van der Waals surface area contributed by atoms with E-state index in [-0.39, 0.29) is 0 Å². The molecular formula is C17H18BrCl2NO2. The van der Waals surface area contributed by atoms with Gasteiger partial charge in [0.05, 0.1) is 16.7 Å². The van der Waals surface area contributed by atoms with E-state index in [4.69, 9.17) is 32.7 Å². The van der Waals surface area contributed by atoms with Crippen LogP contribution >= 0.6 is 39.1 Å². The predicted molar refractivity (Wildman–Crippen MR) is 98.9 cm³/mol. The molecule has 0 aliphatic heterocycles. The molecule has 3 nitrogen and oxygen atoms in total. The SMILES string of the molecule is CCOc1cc(CNC)c(Br)cc1OCc1ccc(Cl)c(Cl)c1. The van der Waals surface area contributed by atoms with Gasteiger partial charge in [0.2, 0.25) is 0 Å². The molecule has 124 valence electrons. The highest BCUT2D eigenvalue weighted by atomic mass is 79.9. The van der Waals surface area contributed by atoms with E-state index < -0.39 is 0 Å². The third-order valence-electron chi connectivity index (χ3n) is 3.16. The van der Waals surface area contributed by atoms with Gasteiger partial charge in [-0.25, -0.2) is 0 Å². The number of ether oxygens (including phenoxy) is 2. The molecule has 0 saturated carbocycles. The molecule has 1 N–H and O–H groups in total. The van der Waals surface area contributed by atoms with E-state index in [1.165, 1.54) is 0 Å². The maximum absolute atomic E-state index is 6.03. The van der Waals surface area contributed by atoms with Gasteiger partial charge in [-0.1, -0.05) is 45.2 Å². The van der Waals surface area contributed by atoms with Crippen molar-refractivity contribution in [2.45, 2.75) is 20.1 Å². The normalized spacial score (nSPS) is 10.7.